The molecule has 1 aromatic carbocycles. The van der Waals surface area contributed by atoms with Gasteiger partial charge in [-0.15, -0.1) is 11.3 Å². The summed E-state index contributed by atoms with van der Waals surface area (Å²) in [5.74, 6) is 0.962. The van der Waals surface area contributed by atoms with Crippen molar-refractivity contribution in [1.82, 2.24) is 0 Å². The number of hydrogen-bond donors (Lipinski definition) is 1. The summed E-state index contributed by atoms with van der Waals surface area (Å²) in [6.45, 7) is 8.42. The summed E-state index contributed by atoms with van der Waals surface area (Å²) in [5.41, 5.74) is 8.75. The lowest BCUT2D eigenvalue weighted by atomic mass is 9.71. The zero-order valence-electron chi connectivity index (χ0n) is 18.5. The number of thiophene rings is 1. The van der Waals surface area contributed by atoms with Crippen LogP contribution >= 0.6 is 22.9 Å². The van der Waals surface area contributed by atoms with E-state index >= 15 is 0 Å². The predicted molar refractivity (Wildman–Crippen MR) is 125 cm³/mol. The SMILES string of the molecule is Cc1cc(Cl)ccc1OCc1cc(C2C(C#N)=C(N)OC3=C2C(=O)CC(C)(C)C3)sc1C. The van der Waals surface area contributed by atoms with Crippen LogP contribution in [0.15, 0.2) is 47.1 Å². The van der Waals surface area contributed by atoms with E-state index in [2.05, 4.69) is 6.07 Å². The van der Waals surface area contributed by atoms with Crippen LogP contribution in [0.1, 0.15) is 53.5 Å². The maximum atomic E-state index is 13.1. The molecular formula is C25H25ClN2O3S. The molecule has 2 aromatic rings. The van der Waals surface area contributed by atoms with Crippen LogP contribution in [0.3, 0.4) is 0 Å². The number of halogens is 1. The fourth-order valence-corrected chi connectivity index (χ4v) is 5.71. The normalized spacial score (nSPS) is 20.0. The molecule has 0 saturated heterocycles. The Bertz CT molecular complexity index is 1220. The zero-order valence-corrected chi connectivity index (χ0v) is 20.1. The van der Waals surface area contributed by atoms with Crippen molar-refractivity contribution in [3.63, 3.8) is 0 Å². The van der Waals surface area contributed by atoms with Gasteiger partial charge in [-0.25, -0.2) is 0 Å². The van der Waals surface area contributed by atoms with E-state index < -0.39 is 5.92 Å². The summed E-state index contributed by atoms with van der Waals surface area (Å²) in [5, 5.41) is 10.5. The fourth-order valence-electron chi connectivity index (χ4n) is 4.33. The molecule has 2 N–H and O–H groups in total. The van der Waals surface area contributed by atoms with Crippen molar-refractivity contribution in [1.29, 1.82) is 5.26 Å². The lowest BCUT2D eigenvalue weighted by Crippen LogP contribution is -2.33. The zero-order chi connectivity index (χ0) is 23.2. The van der Waals surface area contributed by atoms with Gasteiger partial charge in [0.15, 0.2) is 5.78 Å². The average molecular weight is 469 g/mol. The van der Waals surface area contributed by atoms with E-state index in [0.29, 0.717) is 41.4 Å². The lowest BCUT2D eigenvalue weighted by molar-refractivity contribution is -0.119. The van der Waals surface area contributed by atoms with Gasteiger partial charge >= 0.3 is 0 Å². The topological polar surface area (TPSA) is 85.3 Å². The van der Waals surface area contributed by atoms with Gasteiger partial charge < -0.3 is 15.2 Å². The van der Waals surface area contributed by atoms with Gasteiger partial charge in [0.05, 0.1) is 5.92 Å². The summed E-state index contributed by atoms with van der Waals surface area (Å²) in [6.07, 6.45) is 1.03. The number of ether oxygens (including phenoxy) is 2. The molecule has 1 atom stereocenters. The van der Waals surface area contributed by atoms with E-state index in [1.54, 1.807) is 17.4 Å². The lowest BCUT2D eigenvalue weighted by Gasteiger charge is -2.36. The molecule has 0 amide bonds. The molecule has 0 spiro atoms. The van der Waals surface area contributed by atoms with Gasteiger partial charge in [-0.05, 0) is 49.1 Å². The molecule has 1 aliphatic heterocycles. The van der Waals surface area contributed by atoms with Gasteiger partial charge in [-0.1, -0.05) is 25.4 Å². The highest BCUT2D eigenvalue weighted by atomic mass is 35.5. The minimum Gasteiger partial charge on any atom is -0.489 e. The molecule has 0 radical (unpaired) electrons. The third-order valence-electron chi connectivity index (χ3n) is 5.92. The number of nitriles is 1. The minimum absolute atomic E-state index is 0.0159. The van der Waals surface area contributed by atoms with Crippen LogP contribution in [0.4, 0.5) is 0 Å². The highest BCUT2D eigenvalue weighted by Crippen LogP contribution is 2.49. The van der Waals surface area contributed by atoms with Crippen LogP contribution in [-0.2, 0) is 16.1 Å². The monoisotopic (exact) mass is 468 g/mol. The number of allylic oxidation sites excluding steroid dienone is 3. The number of nitrogens with two attached hydrogens (primary N) is 1. The second-order valence-corrected chi connectivity index (χ2v) is 10.9. The van der Waals surface area contributed by atoms with E-state index in [0.717, 1.165) is 26.6 Å². The molecular weight excluding hydrogens is 444 g/mol. The van der Waals surface area contributed by atoms with Crippen LogP contribution in [0.25, 0.3) is 0 Å². The summed E-state index contributed by atoms with van der Waals surface area (Å²) < 4.78 is 11.8. The molecule has 4 rings (SSSR count). The molecule has 7 heteroatoms. The quantitative estimate of drug-likeness (QED) is 0.590. The van der Waals surface area contributed by atoms with Crippen molar-refractivity contribution in [3.05, 3.63) is 73.0 Å². The molecule has 2 aliphatic rings. The average Bonchev–Trinajstić information content (AvgIpc) is 3.05. The van der Waals surface area contributed by atoms with Crippen LogP contribution in [0.5, 0.6) is 5.75 Å². The molecule has 1 unspecified atom stereocenters. The minimum atomic E-state index is -0.498. The second kappa shape index (κ2) is 8.31. The highest BCUT2D eigenvalue weighted by molar-refractivity contribution is 7.12. The summed E-state index contributed by atoms with van der Waals surface area (Å²) in [7, 11) is 0. The number of hydrogen-bond acceptors (Lipinski definition) is 6. The molecule has 5 nitrogen and oxygen atoms in total. The third kappa shape index (κ3) is 4.15. The van der Waals surface area contributed by atoms with Crippen molar-refractivity contribution in [3.8, 4) is 11.8 Å². The molecule has 166 valence electrons. The highest BCUT2D eigenvalue weighted by Gasteiger charge is 2.43. The van der Waals surface area contributed by atoms with Crippen LogP contribution in [0, 0.1) is 30.6 Å². The van der Waals surface area contributed by atoms with E-state index in [4.69, 9.17) is 26.8 Å². The third-order valence-corrected chi connectivity index (χ3v) is 7.31. The molecule has 1 aromatic heterocycles. The maximum absolute atomic E-state index is 13.1. The number of benzene rings is 1. The Morgan fingerprint density at radius 2 is 2.06 bits per heavy atom. The fraction of sp³-hybridized carbons (Fsp3) is 0.360. The van der Waals surface area contributed by atoms with Crippen LogP contribution in [-0.4, -0.2) is 5.78 Å². The van der Waals surface area contributed by atoms with Crippen molar-refractivity contribution in [2.24, 2.45) is 11.1 Å². The predicted octanol–water partition coefficient (Wildman–Crippen LogP) is 6.05. The first kappa shape index (κ1) is 22.4. The number of carbonyl (C=O) groups is 1. The number of aryl methyl sites for hydroxylation is 2. The van der Waals surface area contributed by atoms with E-state index in [1.807, 2.05) is 45.9 Å². The molecule has 32 heavy (non-hydrogen) atoms. The van der Waals surface area contributed by atoms with Gasteiger partial charge in [-0.3, -0.25) is 4.79 Å². The van der Waals surface area contributed by atoms with Crippen LogP contribution < -0.4 is 10.5 Å². The standard InChI is InChI=1S/C25H25ClN2O3S/c1-13-7-16(26)5-6-19(13)30-12-15-8-21(32-14(15)2)22-17(11-27)24(28)31-20-10-25(3,4)9-18(29)23(20)22/h5-8,22H,9-10,12,28H2,1-4H3. The van der Waals surface area contributed by atoms with Gasteiger partial charge in [0.1, 0.15) is 29.8 Å². The van der Waals surface area contributed by atoms with Gasteiger partial charge in [0, 0.05) is 38.8 Å². The Balaban J connectivity index is 1.68. The molecule has 0 fully saturated rings. The van der Waals surface area contributed by atoms with Crippen molar-refractivity contribution in [2.45, 2.75) is 53.1 Å². The summed E-state index contributed by atoms with van der Waals surface area (Å²) >= 11 is 7.59. The van der Waals surface area contributed by atoms with Gasteiger partial charge in [-0.2, -0.15) is 5.26 Å². The van der Waals surface area contributed by atoms with Crippen molar-refractivity contribution in [2.75, 3.05) is 0 Å². The number of ketones is 1. The van der Waals surface area contributed by atoms with E-state index in [9.17, 15) is 10.1 Å². The van der Waals surface area contributed by atoms with Crippen molar-refractivity contribution >= 4 is 28.7 Å². The number of nitrogens with zero attached hydrogens (tertiary/aromatic N) is 1. The Hall–Kier alpha value is -2.75. The first-order chi connectivity index (χ1) is 15.1. The second-order valence-electron chi connectivity index (χ2n) is 9.13. The number of Topliss-reactive ketones (excluding diaryl/α,β-unsaturated/α-hetero) is 1. The number of carbonyl (C=O) groups excluding carboxylic acids is 1. The summed E-state index contributed by atoms with van der Waals surface area (Å²) in [4.78, 5) is 15.1. The smallest absolute Gasteiger partial charge is 0.205 e. The van der Waals surface area contributed by atoms with Crippen molar-refractivity contribution < 1.29 is 14.3 Å². The first-order valence-electron chi connectivity index (χ1n) is 10.4. The largest absolute Gasteiger partial charge is 0.489 e. The molecule has 1 aliphatic carbocycles. The Kier molecular flexibility index (Phi) is 5.83. The summed E-state index contributed by atoms with van der Waals surface area (Å²) in [6, 6.07) is 9.72. The van der Waals surface area contributed by atoms with Crippen LogP contribution in [0.2, 0.25) is 5.02 Å². The Morgan fingerprint density at radius 3 is 2.75 bits per heavy atom. The first-order valence-corrected chi connectivity index (χ1v) is 11.6. The van der Waals surface area contributed by atoms with Gasteiger partial charge in [0.2, 0.25) is 5.88 Å². The molecule has 2 heterocycles. The molecule has 0 bridgehead atoms. The molecule has 0 saturated carbocycles. The van der Waals surface area contributed by atoms with E-state index in [1.165, 1.54) is 0 Å². The maximum Gasteiger partial charge on any atom is 0.205 e. The Morgan fingerprint density at radius 1 is 1.31 bits per heavy atom. The van der Waals surface area contributed by atoms with E-state index in [-0.39, 0.29) is 17.1 Å². The Labute approximate surface area is 197 Å². The number of rotatable bonds is 4. The van der Waals surface area contributed by atoms with Gasteiger partial charge in [0.25, 0.3) is 0 Å².